The normalized spacial score (nSPS) is 7.14. The lowest BCUT2D eigenvalue weighted by Crippen LogP contribution is -2.05. The fraction of sp³-hybridized carbons (Fsp3) is 0.667. The zero-order chi connectivity index (χ0) is 11.2. The van der Waals surface area contributed by atoms with Gasteiger partial charge >= 0.3 is 6.16 Å². The van der Waals surface area contributed by atoms with Crippen LogP contribution < -0.4 is 0 Å². The van der Waals surface area contributed by atoms with Crippen LogP contribution in [0.3, 0.4) is 0 Å². The summed E-state index contributed by atoms with van der Waals surface area (Å²) < 4.78 is 8.84. The molecule has 5 heteroatoms. The third-order valence-corrected chi connectivity index (χ3v) is 0.873. The highest BCUT2D eigenvalue weighted by molar-refractivity contribution is 5.59. The first-order valence-corrected chi connectivity index (χ1v) is 4.26. The van der Waals surface area contributed by atoms with Gasteiger partial charge in [0.05, 0.1) is 25.4 Å². The molecule has 14 heavy (non-hydrogen) atoms. The summed E-state index contributed by atoms with van der Waals surface area (Å²) in [5, 5.41) is 15.6. The minimum Gasteiger partial charge on any atom is -0.435 e. The largest absolute Gasteiger partial charge is 0.508 e. The predicted octanol–water partition coefficient (Wildman–Crippen LogP) is 1.99. The molecule has 0 aromatic heterocycles. The van der Waals surface area contributed by atoms with Gasteiger partial charge in [-0.3, -0.25) is 0 Å². The van der Waals surface area contributed by atoms with Crippen molar-refractivity contribution in [2.24, 2.45) is 0 Å². The monoisotopic (exact) mass is 198 g/mol. The number of rotatable bonds is 3. The molecule has 0 rings (SSSR count). The van der Waals surface area contributed by atoms with Gasteiger partial charge in [-0.05, 0) is 13.8 Å². The van der Waals surface area contributed by atoms with Crippen molar-refractivity contribution in [3.05, 3.63) is 0 Å². The molecule has 0 aromatic rings. The highest BCUT2D eigenvalue weighted by Crippen LogP contribution is 1.81. The van der Waals surface area contributed by atoms with Crippen LogP contribution in [0.25, 0.3) is 0 Å². The predicted molar refractivity (Wildman–Crippen MR) is 49.1 cm³/mol. The molecule has 0 aliphatic rings. The Morgan fingerprint density at radius 2 is 1.43 bits per heavy atom. The number of carbonyl (C=O) groups is 1. The number of unbranched alkanes of at least 4 members (excludes halogenated alkanes) is 1. The van der Waals surface area contributed by atoms with Crippen LogP contribution in [0.4, 0.5) is 4.79 Å². The second-order valence-corrected chi connectivity index (χ2v) is 1.93. The van der Waals surface area contributed by atoms with Crippen molar-refractivity contribution >= 4 is 6.16 Å². The summed E-state index contributed by atoms with van der Waals surface area (Å²) in [5.41, 5.74) is 0. The molecule has 0 aliphatic carbocycles. The molecule has 0 aromatic carbocycles. The summed E-state index contributed by atoms with van der Waals surface area (Å²) in [6.07, 6.45) is 0.127. The lowest BCUT2D eigenvalue weighted by Gasteiger charge is -1.98. The molecule has 0 aliphatic heterocycles. The molecule has 0 spiro atoms. The minimum atomic E-state index is -0.588. The fourth-order valence-corrected chi connectivity index (χ4v) is 0.389. The van der Waals surface area contributed by atoms with Crippen molar-refractivity contribution in [3.8, 4) is 12.1 Å². The Morgan fingerprint density at radius 3 is 1.64 bits per heavy atom. The van der Waals surface area contributed by atoms with Crippen molar-refractivity contribution in [1.29, 1.82) is 10.5 Å². The summed E-state index contributed by atoms with van der Waals surface area (Å²) in [4.78, 5) is 10.2. The van der Waals surface area contributed by atoms with Crippen LogP contribution in [0, 0.1) is 22.7 Å². The van der Waals surface area contributed by atoms with Crippen LogP contribution >= 0.6 is 0 Å². The zero-order valence-corrected chi connectivity index (χ0v) is 8.45. The summed E-state index contributed by atoms with van der Waals surface area (Å²) in [6.45, 7) is 4.21. The number of hydrogen-bond acceptors (Lipinski definition) is 5. The first-order valence-electron chi connectivity index (χ1n) is 4.26. The number of hydrogen-bond donors (Lipinski definition) is 0. The van der Waals surface area contributed by atoms with Gasteiger partial charge in [0.1, 0.15) is 0 Å². The number of nitriles is 2. The molecule has 0 saturated heterocycles. The van der Waals surface area contributed by atoms with Gasteiger partial charge in [-0.15, -0.1) is 0 Å². The Hall–Kier alpha value is -1.75. The number of carbonyl (C=O) groups excluding carboxylic acids is 1. The Kier molecular flexibility index (Phi) is 14.6. The molecule has 0 bridgehead atoms. The van der Waals surface area contributed by atoms with Gasteiger partial charge in [0, 0.05) is 12.8 Å². The molecular formula is C9H14N2O3. The van der Waals surface area contributed by atoms with E-state index in [1.807, 2.05) is 12.1 Å². The van der Waals surface area contributed by atoms with E-state index in [4.69, 9.17) is 10.5 Å². The Labute approximate surface area is 83.8 Å². The first-order chi connectivity index (χ1) is 6.72. The summed E-state index contributed by atoms with van der Waals surface area (Å²) in [7, 11) is 0. The molecule has 0 amide bonds. The smallest absolute Gasteiger partial charge is 0.435 e. The SMILES string of the molecule is CCOC(=O)OCC.N#CCCC#N. The van der Waals surface area contributed by atoms with E-state index in [1.54, 1.807) is 13.8 Å². The molecule has 0 atom stereocenters. The second kappa shape index (κ2) is 13.8. The van der Waals surface area contributed by atoms with E-state index in [-0.39, 0.29) is 0 Å². The molecule has 78 valence electrons. The topological polar surface area (TPSA) is 83.1 Å². The summed E-state index contributed by atoms with van der Waals surface area (Å²) >= 11 is 0. The number of nitrogens with zero attached hydrogens (tertiary/aromatic N) is 2. The molecule has 0 saturated carbocycles. The molecule has 0 unspecified atom stereocenters. The maximum atomic E-state index is 10.2. The number of ether oxygens (including phenoxy) is 2. The van der Waals surface area contributed by atoms with E-state index in [9.17, 15) is 4.79 Å². The van der Waals surface area contributed by atoms with Crippen molar-refractivity contribution in [2.45, 2.75) is 26.7 Å². The van der Waals surface area contributed by atoms with Crippen LogP contribution in [-0.4, -0.2) is 19.4 Å². The van der Waals surface area contributed by atoms with E-state index >= 15 is 0 Å². The molecular weight excluding hydrogens is 184 g/mol. The first kappa shape index (κ1) is 14.8. The molecule has 0 heterocycles. The van der Waals surface area contributed by atoms with Gasteiger partial charge < -0.3 is 9.47 Å². The maximum Gasteiger partial charge on any atom is 0.508 e. The van der Waals surface area contributed by atoms with Crippen LogP contribution in [-0.2, 0) is 9.47 Å². The van der Waals surface area contributed by atoms with E-state index < -0.39 is 6.16 Å². The zero-order valence-electron chi connectivity index (χ0n) is 8.45. The maximum absolute atomic E-state index is 10.2. The average Bonchev–Trinajstić information content (AvgIpc) is 2.16. The van der Waals surface area contributed by atoms with E-state index in [1.165, 1.54) is 0 Å². The van der Waals surface area contributed by atoms with Gasteiger partial charge in [0.25, 0.3) is 0 Å². The lowest BCUT2D eigenvalue weighted by atomic mass is 10.4. The van der Waals surface area contributed by atoms with E-state index in [2.05, 4.69) is 9.47 Å². The van der Waals surface area contributed by atoms with Crippen molar-refractivity contribution < 1.29 is 14.3 Å². The standard InChI is InChI=1S/C5H10O3.C4H4N2/c1-3-7-5(6)8-4-2;5-3-1-2-4-6/h3-4H2,1-2H3;1-2H2. The van der Waals surface area contributed by atoms with E-state index in [0.29, 0.717) is 26.1 Å². The Balaban J connectivity index is 0. The van der Waals surface area contributed by atoms with Gasteiger partial charge in [0.2, 0.25) is 0 Å². The minimum absolute atomic E-state index is 0.358. The second-order valence-electron chi connectivity index (χ2n) is 1.93. The quantitative estimate of drug-likeness (QED) is 0.511. The average molecular weight is 198 g/mol. The highest BCUT2D eigenvalue weighted by Gasteiger charge is 1.96. The van der Waals surface area contributed by atoms with Crippen molar-refractivity contribution in [1.82, 2.24) is 0 Å². The van der Waals surface area contributed by atoms with Crippen LogP contribution in [0.1, 0.15) is 26.7 Å². The lowest BCUT2D eigenvalue weighted by molar-refractivity contribution is 0.0630. The van der Waals surface area contributed by atoms with E-state index in [0.717, 1.165) is 0 Å². The van der Waals surface area contributed by atoms with Crippen LogP contribution in [0.15, 0.2) is 0 Å². The van der Waals surface area contributed by atoms with Crippen LogP contribution in [0.5, 0.6) is 0 Å². The van der Waals surface area contributed by atoms with Crippen molar-refractivity contribution in [3.63, 3.8) is 0 Å². The van der Waals surface area contributed by atoms with Gasteiger partial charge in [-0.2, -0.15) is 10.5 Å². The molecule has 0 N–H and O–H groups in total. The fourth-order valence-electron chi connectivity index (χ4n) is 0.389. The molecule has 0 fully saturated rings. The molecule has 5 nitrogen and oxygen atoms in total. The Bertz CT molecular complexity index is 193. The van der Waals surface area contributed by atoms with Crippen LogP contribution in [0.2, 0.25) is 0 Å². The molecule has 0 radical (unpaired) electrons. The third kappa shape index (κ3) is 16.7. The Morgan fingerprint density at radius 1 is 1.07 bits per heavy atom. The summed E-state index contributed by atoms with van der Waals surface area (Å²) in [6, 6.07) is 3.69. The van der Waals surface area contributed by atoms with Gasteiger partial charge in [-0.1, -0.05) is 0 Å². The van der Waals surface area contributed by atoms with Gasteiger partial charge in [0.15, 0.2) is 0 Å². The third-order valence-electron chi connectivity index (χ3n) is 0.873. The summed E-state index contributed by atoms with van der Waals surface area (Å²) in [5.74, 6) is 0. The highest BCUT2D eigenvalue weighted by atomic mass is 16.7. The van der Waals surface area contributed by atoms with Crippen molar-refractivity contribution in [2.75, 3.05) is 13.2 Å². The van der Waals surface area contributed by atoms with Gasteiger partial charge in [-0.25, -0.2) is 4.79 Å².